The normalized spacial score (nSPS) is 16.9. The first-order valence-electron chi connectivity index (χ1n) is 5.68. The number of nitrogens with zero attached hydrogens (tertiary/aromatic N) is 2. The molecule has 0 aliphatic heterocycles. The molecule has 1 N–H and O–H groups in total. The Labute approximate surface area is 105 Å². The lowest BCUT2D eigenvalue weighted by Crippen LogP contribution is -2.23. The molecular formula is C11H17ClN2OS. The summed E-state index contributed by atoms with van der Waals surface area (Å²) >= 11 is 7.40. The quantitative estimate of drug-likeness (QED) is 0.904. The summed E-state index contributed by atoms with van der Waals surface area (Å²) < 4.78 is 0. The van der Waals surface area contributed by atoms with Gasteiger partial charge in [-0.05, 0) is 18.8 Å². The minimum Gasteiger partial charge on any atom is -0.391 e. The zero-order valence-corrected chi connectivity index (χ0v) is 11.0. The maximum absolute atomic E-state index is 9.07. The summed E-state index contributed by atoms with van der Waals surface area (Å²) in [7, 11) is 2.05. The van der Waals surface area contributed by atoms with E-state index in [-0.39, 0.29) is 6.61 Å². The third-order valence-corrected chi connectivity index (χ3v) is 4.69. The molecule has 1 aromatic heterocycles. The van der Waals surface area contributed by atoms with Crippen molar-refractivity contribution in [3.8, 4) is 0 Å². The highest BCUT2D eigenvalue weighted by Gasteiger charge is 2.19. The van der Waals surface area contributed by atoms with Gasteiger partial charge >= 0.3 is 0 Å². The lowest BCUT2D eigenvalue weighted by Gasteiger charge is -2.19. The maximum Gasteiger partial charge on any atom is 0.186 e. The fraction of sp³-hybridized carbons (Fsp3) is 0.727. The summed E-state index contributed by atoms with van der Waals surface area (Å²) in [4.78, 5) is 7.19. The van der Waals surface area contributed by atoms with E-state index in [1.165, 1.54) is 37.0 Å². The van der Waals surface area contributed by atoms with Crippen molar-refractivity contribution in [2.75, 3.05) is 18.5 Å². The molecule has 16 heavy (non-hydrogen) atoms. The Kier molecular flexibility index (Phi) is 4.05. The Bertz CT molecular complexity index is 350. The molecule has 1 aromatic rings. The molecule has 5 heteroatoms. The molecule has 0 saturated heterocycles. The van der Waals surface area contributed by atoms with Gasteiger partial charge in [-0.15, -0.1) is 0 Å². The van der Waals surface area contributed by atoms with Crippen LogP contribution in [0.25, 0.3) is 0 Å². The molecule has 0 atom stereocenters. The van der Waals surface area contributed by atoms with Crippen molar-refractivity contribution in [3.05, 3.63) is 10.0 Å². The van der Waals surface area contributed by atoms with E-state index in [0.717, 1.165) is 22.5 Å². The molecule has 1 saturated carbocycles. The Morgan fingerprint density at radius 1 is 1.50 bits per heavy atom. The Balaban J connectivity index is 1.99. The molecule has 0 bridgehead atoms. The molecule has 0 unspecified atom stereocenters. The van der Waals surface area contributed by atoms with Crippen molar-refractivity contribution < 1.29 is 5.11 Å². The van der Waals surface area contributed by atoms with Gasteiger partial charge in [0.25, 0.3) is 0 Å². The van der Waals surface area contributed by atoms with Crippen molar-refractivity contribution in [3.63, 3.8) is 0 Å². The van der Waals surface area contributed by atoms with Crippen molar-refractivity contribution in [2.24, 2.45) is 5.92 Å². The SMILES string of the molecule is CN(CC1CCCC1)c1nc(Cl)c(CO)s1. The third kappa shape index (κ3) is 2.67. The first-order chi connectivity index (χ1) is 7.70. The lowest BCUT2D eigenvalue weighted by atomic mass is 10.1. The van der Waals surface area contributed by atoms with Crippen molar-refractivity contribution in [1.82, 2.24) is 4.98 Å². The number of halogens is 1. The predicted molar refractivity (Wildman–Crippen MR) is 68.3 cm³/mol. The second-order valence-electron chi connectivity index (χ2n) is 4.40. The van der Waals surface area contributed by atoms with Gasteiger partial charge in [-0.25, -0.2) is 4.98 Å². The monoisotopic (exact) mass is 260 g/mol. The van der Waals surface area contributed by atoms with Crippen LogP contribution in [-0.2, 0) is 6.61 Å². The number of hydrogen-bond donors (Lipinski definition) is 1. The van der Waals surface area contributed by atoms with Gasteiger partial charge in [-0.3, -0.25) is 0 Å². The highest BCUT2D eigenvalue weighted by molar-refractivity contribution is 7.16. The third-order valence-electron chi connectivity index (χ3n) is 3.12. The molecule has 1 aliphatic carbocycles. The lowest BCUT2D eigenvalue weighted by molar-refractivity contribution is 0.285. The average Bonchev–Trinajstić information content (AvgIpc) is 2.87. The summed E-state index contributed by atoms with van der Waals surface area (Å²) in [6.45, 7) is 1.03. The second-order valence-corrected chi connectivity index (χ2v) is 5.82. The van der Waals surface area contributed by atoms with Crippen LogP contribution in [0.3, 0.4) is 0 Å². The van der Waals surface area contributed by atoms with Crippen LogP contribution >= 0.6 is 22.9 Å². The first-order valence-corrected chi connectivity index (χ1v) is 6.87. The smallest absolute Gasteiger partial charge is 0.186 e. The van der Waals surface area contributed by atoms with Crippen LogP contribution in [0.15, 0.2) is 0 Å². The molecular weight excluding hydrogens is 244 g/mol. The van der Waals surface area contributed by atoms with Gasteiger partial charge in [0.05, 0.1) is 11.5 Å². The van der Waals surface area contributed by atoms with Crippen molar-refractivity contribution >= 4 is 28.1 Å². The van der Waals surface area contributed by atoms with Crippen LogP contribution in [0, 0.1) is 5.92 Å². The zero-order valence-electron chi connectivity index (χ0n) is 9.45. The molecule has 2 rings (SSSR count). The fourth-order valence-electron chi connectivity index (χ4n) is 2.24. The van der Waals surface area contributed by atoms with Crippen LogP contribution in [0.4, 0.5) is 5.13 Å². The van der Waals surface area contributed by atoms with Gasteiger partial charge in [0.1, 0.15) is 5.15 Å². The summed E-state index contributed by atoms with van der Waals surface area (Å²) in [6, 6.07) is 0. The van der Waals surface area contributed by atoms with E-state index >= 15 is 0 Å². The topological polar surface area (TPSA) is 36.4 Å². The number of aliphatic hydroxyl groups is 1. The van der Waals surface area contributed by atoms with E-state index in [4.69, 9.17) is 16.7 Å². The van der Waals surface area contributed by atoms with Gasteiger partial charge in [0, 0.05) is 13.6 Å². The number of anilines is 1. The van der Waals surface area contributed by atoms with E-state index in [1.807, 2.05) is 0 Å². The molecule has 1 heterocycles. The van der Waals surface area contributed by atoms with Gasteiger partial charge in [-0.1, -0.05) is 35.8 Å². The number of aromatic nitrogens is 1. The average molecular weight is 261 g/mol. The summed E-state index contributed by atoms with van der Waals surface area (Å²) in [6.07, 6.45) is 5.38. The van der Waals surface area contributed by atoms with E-state index < -0.39 is 0 Å². The van der Waals surface area contributed by atoms with E-state index in [2.05, 4.69) is 16.9 Å². The second kappa shape index (κ2) is 5.34. The molecule has 0 spiro atoms. The van der Waals surface area contributed by atoms with Crippen LogP contribution < -0.4 is 4.90 Å². The number of aliphatic hydroxyl groups excluding tert-OH is 1. The molecule has 0 radical (unpaired) electrons. The minimum atomic E-state index is -0.0201. The van der Waals surface area contributed by atoms with Gasteiger partial charge in [0.2, 0.25) is 0 Å². The first kappa shape index (κ1) is 12.1. The molecule has 3 nitrogen and oxygen atoms in total. The van der Waals surface area contributed by atoms with Gasteiger partial charge in [-0.2, -0.15) is 0 Å². The molecule has 0 aromatic carbocycles. The van der Waals surface area contributed by atoms with Gasteiger partial charge in [0.15, 0.2) is 5.13 Å². The Morgan fingerprint density at radius 3 is 2.75 bits per heavy atom. The highest BCUT2D eigenvalue weighted by Crippen LogP contribution is 2.31. The van der Waals surface area contributed by atoms with Crippen molar-refractivity contribution in [1.29, 1.82) is 0 Å². The fourth-order valence-corrected chi connectivity index (χ4v) is 3.33. The zero-order chi connectivity index (χ0) is 11.5. The maximum atomic E-state index is 9.07. The van der Waals surface area contributed by atoms with Crippen LogP contribution in [0.5, 0.6) is 0 Å². The standard InChI is InChI=1S/C11H17ClN2OS/c1-14(6-8-4-2-3-5-8)11-13-10(12)9(7-15)16-11/h8,15H,2-7H2,1H3. The number of thiazole rings is 1. The van der Waals surface area contributed by atoms with E-state index in [9.17, 15) is 0 Å². The number of hydrogen-bond acceptors (Lipinski definition) is 4. The van der Waals surface area contributed by atoms with Gasteiger partial charge < -0.3 is 10.0 Å². The van der Waals surface area contributed by atoms with E-state index in [0.29, 0.717) is 5.15 Å². The van der Waals surface area contributed by atoms with Crippen LogP contribution in [0.1, 0.15) is 30.6 Å². The Morgan fingerprint density at radius 2 is 2.19 bits per heavy atom. The predicted octanol–water partition coefficient (Wildman–Crippen LogP) is 2.92. The highest BCUT2D eigenvalue weighted by atomic mass is 35.5. The largest absolute Gasteiger partial charge is 0.391 e. The summed E-state index contributed by atoms with van der Waals surface area (Å²) in [5.74, 6) is 0.797. The summed E-state index contributed by atoms with van der Waals surface area (Å²) in [5, 5.41) is 10.4. The number of rotatable bonds is 4. The van der Waals surface area contributed by atoms with Crippen LogP contribution in [0.2, 0.25) is 5.15 Å². The molecule has 1 fully saturated rings. The molecule has 1 aliphatic rings. The summed E-state index contributed by atoms with van der Waals surface area (Å²) in [5.41, 5.74) is 0. The van der Waals surface area contributed by atoms with Crippen molar-refractivity contribution in [2.45, 2.75) is 32.3 Å². The van der Waals surface area contributed by atoms with E-state index in [1.54, 1.807) is 0 Å². The minimum absolute atomic E-state index is 0.0201. The van der Waals surface area contributed by atoms with Crippen LogP contribution in [-0.4, -0.2) is 23.7 Å². The Hall–Kier alpha value is -0.320. The molecule has 0 amide bonds. The molecule has 90 valence electrons.